The van der Waals surface area contributed by atoms with Gasteiger partial charge in [0.15, 0.2) is 0 Å². The molecule has 0 aromatic heterocycles. The van der Waals surface area contributed by atoms with Crippen molar-refractivity contribution in [3.8, 4) is 0 Å². The van der Waals surface area contributed by atoms with E-state index in [4.69, 9.17) is 9.32 Å². The topological polar surface area (TPSA) is 24.9 Å². The van der Waals surface area contributed by atoms with Crippen LogP contribution in [0.3, 0.4) is 0 Å². The number of hydroxylamine groups is 2. The highest BCUT2D eigenvalue weighted by atomic mass is 32.2. The zero-order valence-electron chi connectivity index (χ0n) is 10.0. The molecule has 94 valence electrons. The Morgan fingerprint density at radius 3 is 2.47 bits per heavy atom. The molecule has 0 saturated carbocycles. The third-order valence-electron chi connectivity index (χ3n) is 2.66. The van der Waals surface area contributed by atoms with E-state index in [0.717, 1.165) is 31.9 Å². The van der Waals surface area contributed by atoms with Crippen LogP contribution >= 0.6 is 12.0 Å². The lowest BCUT2D eigenvalue weighted by Crippen LogP contribution is -2.46. The molecular weight excluding hydrogens is 236 g/mol. The Balaban J connectivity index is 1.74. The maximum absolute atomic E-state index is 5.18. The van der Waals surface area contributed by atoms with Crippen molar-refractivity contribution in [1.29, 1.82) is 0 Å². The Bertz CT molecular complexity index is 316. The molecule has 4 nitrogen and oxygen atoms in total. The predicted octanol–water partition coefficient (Wildman–Crippen LogP) is 2.34. The van der Waals surface area contributed by atoms with E-state index in [1.807, 2.05) is 18.1 Å². The molecule has 1 heterocycles. The van der Waals surface area contributed by atoms with E-state index in [-0.39, 0.29) is 0 Å². The minimum absolute atomic E-state index is 0.860. The van der Waals surface area contributed by atoms with Crippen molar-refractivity contribution in [2.45, 2.75) is 6.92 Å². The minimum Gasteiger partial charge on any atom is -0.369 e. The second-order valence-corrected chi connectivity index (χ2v) is 4.75. The number of hydrogen-bond donors (Lipinski definition) is 0. The van der Waals surface area contributed by atoms with Gasteiger partial charge in [-0.25, -0.2) is 0 Å². The maximum Gasteiger partial charge on any atom is 0.0447 e. The van der Waals surface area contributed by atoms with E-state index >= 15 is 0 Å². The highest BCUT2D eigenvalue weighted by Crippen LogP contribution is 2.16. The van der Waals surface area contributed by atoms with Crippen molar-refractivity contribution in [3.05, 3.63) is 30.3 Å². The molecule has 5 heteroatoms. The molecule has 0 amide bonds. The van der Waals surface area contributed by atoms with Crippen molar-refractivity contribution in [1.82, 2.24) is 5.06 Å². The number of nitrogens with zero attached hydrogens (tertiary/aromatic N) is 2. The molecule has 0 unspecified atom stereocenters. The van der Waals surface area contributed by atoms with Gasteiger partial charge in [0.05, 0.1) is 0 Å². The highest BCUT2D eigenvalue weighted by Gasteiger charge is 2.18. The van der Waals surface area contributed by atoms with Gasteiger partial charge in [-0.05, 0) is 12.1 Å². The van der Waals surface area contributed by atoms with Crippen molar-refractivity contribution in [3.63, 3.8) is 0 Å². The lowest BCUT2D eigenvalue weighted by Gasteiger charge is -2.34. The standard InChI is InChI=1S/C12H18N2O2S/c1-2-17-16-15-14-10-8-13(9-11-14)12-6-4-3-5-7-12/h3-7H,2,8-11H2,1H3. The first-order valence-corrected chi connectivity index (χ1v) is 6.82. The lowest BCUT2D eigenvalue weighted by molar-refractivity contribution is -0.360. The van der Waals surface area contributed by atoms with Crippen molar-refractivity contribution in [2.75, 3.05) is 36.8 Å². The summed E-state index contributed by atoms with van der Waals surface area (Å²) >= 11 is 1.32. The third-order valence-corrected chi connectivity index (χ3v) is 3.05. The molecule has 1 aromatic carbocycles. The van der Waals surface area contributed by atoms with Crippen LogP contribution in [0.1, 0.15) is 6.92 Å². The minimum atomic E-state index is 0.860. The molecule has 1 aliphatic rings. The number of para-hydroxylation sites is 1. The molecule has 17 heavy (non-hydrogen) atoms. The first-order valence-electron chi connectivity index (χ1n) is 5.91. The van der Waals surface area contributed by atoms with Crippen LogP contribution in [-0.2, 0) is 9.32 Å². The predicted molar refractivity (Wildman–Crippen MR) is 70.5 cm³/mol. The Morgan fingerprint density at radius 2 is 1.82 bits per heavy atom. The number of anilines is 1. The number of piperazine rings is 1. The first-order chi connectivity index (χ1) is 8.40. The fourth-order valence-electron chi connectivity index (χ4n) is 1.77. The molecule has 0 spiro atoms. The molecule has 0 bridgehead atoms. The van der Waals surface area contributed by atoms with Crippen LogP contribution in [0, 0.1) is 0 Å². The first kappa shape index (κ1) is 12.7. The van der Waals surface area contributed by atoms with Crippen LogP contribution in [0.4, 0.5) is 5.69 Å². The van der Waals surface area contributed by atoms with Crippen LogP contribution in [-0.4, -0.2) is 37.0 Å². The second kappa shape index (κ2) is 6.86. The SMILES string of the molecule is CCSOON1CCN(c2ccccc2)CC1. The van der Waals surface area contributed by atoms with Gasteiger partial charge in [0, 0.05) is 49.7 Å². The molecular formula is C12H18N2O2S. The van der Waals surface area contributed by atoms with Gasteiger partial charge >= 0.3 is 0 Å². The van der Waals surface area contributed by atoms with E-state index in [0.29, 0.717) is 0 Å². The van der Waals surface area contributed by atoms with Gasteiger partial charge in [0.1, 0.15) is 0 Å². The summed E-state index contributed by atoms with van der Waals surface area (Å²) in [4.78, 5) is 7.53. The Kier molecular flexibility index (Phi) is 5.12. The van der Waals surface area contributed by atoms with Gasteiger partial charge in [-0.3, -0.25) is 0 Å². The van der Waals surface area contributed by atoms with Crippen molar-refractivity contribution in [2.24, 2.45) is 0 Å². The molecule has 1 aliphatic heterocycles. The van der Waals surface area contributed by atoms with E-state index in [1.165, 1.54) is 17.7 Å². The molecule has 0 aliphatic carbocycles. The Labute approximate surface area is 107 Å². The van der Waals surface area contributed by atoms with Crippen LogP contribution in [0.2, 0.25) is 0 Å². The summed E-state index contributed by atoms with van der Waals surface area (Å²) in [5, 5.41) is 1.86. The molecule has 1 saturated heterocycles. The summed E-state index contributed by atoms with van der Waals surface area (Å²) in [5.74, 6) is 0.893. The average molecular weight is 254 g/mol. The van der Waals surface area contributed by atoms with E-state index in [2.05, 4.69) is 29.2 Å². The van der Waals surface area contributed by atoms with Crippen LogP contribution in [0.15, 0.2) is 30.3 Å². The highest BCUT2D eigenvalue weighted by molar-refractivity contribution is 7.94. The number of rotatable bonds is 5. The number of benzene rings is 1. The molecule has 1 aromatic rings. The van der Waals surface area contributed by atoms with Crippen LogP contribution < -0.4 is 4.90 Å². The summed E-state index contributed by atoms with van der Waals surface area (Å²) in [7, 11) is 0. The normalized spacial score (nSPS) is 17.4. The smallest absolute Gasteiger partial charge is 0.0447 e. The lowest BCUT2D eigenvalue weighted by atomic mass is 10.2. The van der Waals surface area contributed by atoms with E-state index < -0.39 is 0 Å². The van der Waals surface area contributed by atoms with Gasteiger partial charge in [-0.1, -0.05) is 25.1 Å². The van der Waals surface area contributed by atoms with Crippen LogP contribution in [0.5, 0.6) is 0 Å². The number of hydrogen-bond acceptors (Lipinski definition) is 5. The van der Waals surface area contributed by atoms with Gasteiger partial charge in [0.2, 0.25) is 0 Å². The molecule has 2 rings (SSSR count). The quantitative estimate of drug-likeness (QED) is 0.347. The second-order valence-electron chi connectivity index (χ2n) is 3.80. The Hall–Kier alpha value is -0.750. The Morgan fingerprint density at radius 1 is 1.12 bits per heavy atom. The summed E-state index contributed by atoms with van der Waals surface area (Å²) in [6.45, 7) is 5.67. The average Bonchev–Trinajstić information content (AvgIpc) is 2.41. The fourth-order valence-corrected chi connectivity index (χ4v) is 2.00. The van der Waals surface area contributed by atoms with Crippen molar-refractivity contribution >= 4 is 17.7 Å². The molecule has 0 radical (unpaired) electrons. The van der Waals surface area contributed by atoms with Gasteiger partial charge in [-0.15, -0.1) is 9.32 Å². The van der Waals surface area contributed by atoms with Crippen LogP contribution in [0.25, 0.3) is 0 Å². The fraction of sp³-hybridized carbons (Fsp3) is 0.500. The summed E-state index contributed by atoms with van der Waals surface area (Å²) in [6, 6.07) is 10.5. The summed E-state index contributed by atoms with van der Waals surface area (Å²) < 4.78 is 4.99. The maximum atomic E-state index is 5.18. The van der Waals surface area contributed by atoms with Gasteiger partial charge in [0.25, 0.3) is 0 Å². The zero-order chi connectivity index (χ0) is 11.9. The molecule has 1 fully saturated rings. The van der Waals surface area contributed by atoms with Gasteiger partial charge in [-0.2, -0.15) is 5.06 Å². The van der Waals surface area contributed by atoms with E-state index in [9.17, 15) is 0 Å². The van der Waals surface area contributed by atoms with E-state index in [1.54, 1.807) is 0 Å². The van der Waals surface area contributed by atoms with Gasteiger partial charge < -0.3 is 4.90 Å². The third kappa shape index (κ3) is 3.89. The largest absolute Gasteiger partial charge is 0.369 e. The molecule has 0 atom stereocenters. The molecule has 0 N–H and O–H groups in total. The summed E-state index contributed by atoms with van der Waals surface area (Å²) in [6.07, 6.45) is 0. The zero-order valence-corrected chi connectivity index (χ0v) is 10.9. The van der Waals surface area contributed by atoms with Crippen molar-refractivity contribution < 1.29 is 9.32 Å². The summed E-state index contributed by atoms with van der Waals surface area (Å²) in [5.41, 5.74) is 1.27. The monoisotopic (exact) mass is 254 g/mol.